The van der Waals surface area contributed by atoms with E-state index in [4.69, 9.17) is 5.26 Å². The second-order valence-corrected chi connectivity index (χ2v) is 6.01. The Kier molecular flexibility index (Phi) is 4.67. The largest absolute Gasteiger partial charge is 0.348 e. The molecule has 0 fully saturated rings. The van der Waals surface area contributed by atoms with Crippen LogP contribution < -0.4 is 10.6 Å². The van der Waals surface area contributed by atoms with Crippen LogP contribution in [0.2, 0.25) is 0 Å². The van der Waals surface area contributed by atoms with Crippen LogP contribution >= 0.6 is 0 Å². The van der Waals surface area contributed by atoms with Gasteiger partial charge in [-0.2, -0.15) is 5.26 Å². The molecule has 7 heteroatoms. The summed E-state index contributed by atoms with van der Waals surface area (Å²) in [6.07, 6.45) is 1.68. The number of anilines is 1. The quantitative estimate of drug-likeness (QED) is 0.758. The number of carbonyl (C=O) groups excluding carboxylic acids is 2. The molecule has 0 saturated heterocycles. The summed E-state index contributed by atoms with van der Waals surface area (Å²) in [6, 6.07) is 13.8. The molecule has 2 amide bonds. The van der Waals surface area contributed by atoms with Gasteiger partial charge in [0.05, 0.1) is 17.1 Å². The summed E-state index contributed by atoms with van der Waals surface area (Å²) in [6.45, 7) is 3.71. The zero-order valence-electron chi connectivity index (χ0n) is 14.4. The van der Waals surface area contributed by atoms with Gasteiger partial charge in [-0.1, -0.05) is 6.07 Å². The van der Waals surface area contributed by atoms with E-state index < -0.39 is 5.91 Å². The Balaban J connectivity index is 1.95. The van der Waals surface area contributed by atoms with Gasteiger partial charge >= 0.3 is 0 Å². The van der Waals surface area contributed by atoms with E-state index in [9.17, 15) is 9.59 Å². The number of carbonyl (C=O) groups is 2. The van der Waals surface area contributed by atoms with Crippen molar-refractivity contribution >= 4 is 23.0 Å². The molecule has 3 aromatic rings. The maximum atomic E-state index is 12.6. The number of nitrogens with zero attached hydrogens (tertiary/aromatic N) is 3. The molecule has 0 saturated carbocycles. The summed E-state index contributed by atoms with van der Waals surface area (Å²) < 4.78 is 1.58. The van der Waals surface area contributed by atoms with E-state index in [0.29, 0.717) is 16.8 Å². The number of amides is 2. The summed E-state index contributed by atoms with van der Waals surface area (Å²) in [5.41, 5.74) is 1.79. The molecule has 26 heavy (non-hydrogen) atoms. The first-order valence-corrected chi connectivity index (χ1v) is 8.09. The Labute approximate surface area is 150 Å². The van der Waals surface area contributed by atoms with E-state index in [1.807, 2.05) is 19.9 Å². The highest BCUT2D eigenvalue weighted by Crippen LogP contribution is 2.16. The van der Waals surface area contributed by atoms with Crippen molar-refractivity contribution in [1.82, 2.24) is 14.7 Å². The van der Waals surface area contributed by atoms with Gasteiger partial charge in [0.2, 0.25) is 5.82 Å². The normalized spacial score (nSPS) is 10.5. The highest BCUT2D eigenvalue weighted by Gasteiger charge is 2.21. The summed E-state index contributed by atoms with van der Waals surface area (Å²) >= 11 is 0. The van der Waals surface area contributed by atoms with Gasteiger partial charge in [0, 0.05) is 17.9 Å². The Morgan fingerprint density at radius 3 is 2.50 bits per heavy atom. The number of aromatic nitrogens is 2. The van der Waals surface area contributed by atoms with Crippen LogP contribution in [0.25, 0.3) is 5.52 Å². The minimum absolute atomic E-state index is 0.0427. The number of hydrogen-bond acceptors (Lipinski definition) is 4. The van der Waals surface area contributed by atoms with E-state index in [1.54, 1.807) is 53.1 Å². The van der Waals surface area contributed by atoms with Crippen LogP contribution in [-0.4, -0.2) is 27.2 Å². The third kappa shape index (κ3) is 3.39. The summed E-state index contributed by atoms with van der Waals surface area (Å²) in [7, 11) is 0. The zero-order chi connectivity index (χ0) is 18.7. The summed E-state index contributed by atoms with van der Waals surface area (Å²) in [4.78, 5) is 29.3. The van der Waals surface area contributed by atoms with Gasteiger partial charge in [-0.05, 0) is 50.2 Å². The van der Waals surface area contributed by atoms with Crippen LogP contribution in [0.4, 0.5) is 5.69 Å². The molecule has 3 rings (SSSR count). The van der Waals surface area contributed by atoms with Gasteiger partial charge in [-0.25, -0.2) is 4.98 Å². The van der Waals surface area contributed by atoms with Crippen molar-refractivity contribution < 1.29 is 9.59 Å². The van der Waals surface area contributed by atoms with Gasteiger partial charge < -0.3 is 10.6 Å². The van der Waals surface area contributed by atoms with Crippen LogP contribution in [0.15, 0.2) is 48.7 Å². The highest BCUT2D eigenvalue weighted by molar-refractivity contribution is 6.06. The second kappa shape index (κ2) is 7.07. The Bertz CT molecular complexity index is 1010. The third-order valence-electron chi connectivity index (χ3n) is 3.66. The molecule has 0 bridgehead atoms. The first-order chi connectivity index (χ1) is 12.5. The van der Waals surface area contributed by atoms with Crippen molar-refractivity contribution in [3.63, 3.8) is 0 Å². The molecular formula is C19H17N5O2. The van der Waals surface area contributed by atoms with Crippen molar-refractivity contribution in [1.29, 1.82) is 5.26 Å². The van der Waals surface area contributed by atoms with Crippen molar-refractivity contribution in [2.75, 3.05) is 5.32 Å². The van der Waals surface area contributed by atoms with E-state index in [2.05, 4.69) is 15.6 Å². The number of pyridine rings is 1. The van der Waals surface area contributed by atoms with E-state index in [1.165, 1.54) is 0 Å². The first-order valence-electron chi connectivity index (χ1n) is 8.09. The number of imidazole rings is 1. The number of hydrogen-bond donors (Lipinski definition) is 2. The minimum atomic E-state index is -0.445. The molecule has 0 aliphatic carbocycles. The van der Waals surface area contributed by atoms with Crippen LogP contribution in [-0.2, 0) is 0 Å². The zero-order valence-corrected chi connectivity index (χ0v) is 14.4. The van der Waals surface area contributed by atoms with Gasteiger partial charge in [0.25, 0.3) is 11.8 Å². The average Bonchev–Trinajstić information content (AvgIpc) is 3.02. The van der Waals surface area contributed by atoms with Crippen molar-refractivity contribution in [2.24, 2.45) is 0 Å². The second-order valence-electron chi connectivity index (χ2n) is 6.01. The molecule has 7 nitrogen and oxygen atoms in total. The van der Waals surface area contributed by atoms with Crippen molar-refractivity contribution in [3.05, 3.63) is 65.7 Å². The molecule has 0 radical (unpaired) electrons. The minimum Gasteiger partial charge on any atom is -0.348 e. The third-order valence-corrected chi connectivity index (χ3v) is 3.66. The van der Waals surface area contributed by atoms with Crippen molar-refractivity contribution in [3.8, 4) is 6.07 Å². The fourth-order valence-corrected chi connectivity index (χ4v) is 2.51. The molecule has 1 aromatic carbocycles. The standard InChI is InChI=1S/C19H17N5O2/c1-12(2)21-18(25)16-15-5-3-4-10-24(15)17(23-16)19(26)22-14-8-6-13(11-20)7-9-14/h3-10,12H,1-2H3,(H,21,25)(H,22,26). The predicted octanol–water partition coefficient (Wildman–Crippen LogP) is 2.60. The van der Waals surface area contributed by atoms with Gasteiger partial charge in [-0.3, -0.25) is 14.0 Å². The lowest BCUT2D eigenvalue weighted by atomic mass is 10.2. The number of benzene rings is 1. The van der Waals surface area contributed by atoms with Crippen LogP contribution in [0.3, 0.4) is 0 Å². The maximum Gasteiger partial charge on any atom is 0.292 e. The average molecular weight is 347 g/mol. The highest BCUT2D eigenvalue weighted by atomic mass is 16.2. The Morgan fingerprint density at radius 1 is 1.12 bits per heavy atom. The lowest BCUT2D eigenvalue weighted by Crippen LogP contribution is -2.30. The van der Waals surface area contributed by atoms with Gasteiger partial charge in [-0.15, -0.1) is 0 Å². The Morgan fingerprint density at radius 2 is 1.85 bits per heavy atom. The van der Waals surface area contributed by atoms with Crippen LogP contribution in [0, 0.1) is 11.3 Å². The smallest absolute Gasteiger partial charge is 0.292 e. The molecule has 0 aliphatic heterocycles. The Hall–Kier alpha value is -3.66. The first kappa shape index (κ1) is 17.2. The molecule has 0 spiro atoms. The molecule has 2 aromatic heterocycles. The molecule has 130 valence electrons. The van der Waals surface area contributed by atoms with Crippen LogP contribution in [0.1, 0.15) is 40.5 Å². The molecule has 0 unspecified atom stereocenters. The van der Waals surface area contributed by atoms with Crippen LogP contribution in [0.5, 0.6) is 0 Å². The number of rotatable bonds is 4. The van der Waals surface area contributed by atoms with E-state index in [0.717, 1.165) is 0 Å². The van der Waals surface area contributed by atoms with Crippen molar-refractivity contribution in [2.45, 2.75) is 19.9 Å². The van der Waals surface area contributed by atoms with E-state index >= 15 is 0 Å². The SMILES string of the molecule is CC(C)NC(=O)c1nc(C(=O)Nc2ccc(C#N)cc2)n2ccccc12. The predicted molar refractivity (Wildman–Crippen MR) is 96.9 cm³/mol. The lowest BCUT2D eigenvalue weighted by molar-refractivity contribution is 0.0940. The summed E-state index contributed by atoms with van der Waals surface area (Å²) in [5, 5.41) is 14.4. The maximum absolute atomic E-state index is 12.6. The molecule has 0 aliphatic rings. The lowest BCUT2D eigenvalue weighted by Gasteiger charge is -2.06. The molecular weight excluding hydrogens is 330 g/mol. The number of fused-ring (bicyclic) bond motifs is 1. The molecule has 2 N–H and O–H groups in total. The van der Waals surface area contributed by atoms with Gasteiger partial charge in [0.15, 0.2) is 5.69 Å². The summed E-state index contributed by atoms with van der Waals surface area (Å²) in [5.74, 6) is -0.667. The topological polar surface area (TPSA) is 99.3 Å². The fourth-order valence-electron chi connectivity index (χ4n) is 2.51. The molecule has 0 atom stereocenters. The number of nitrogens with one attached hydrogen (secondary N) is 2. The fraction of sp³-hybridized carbons (Fsp3) is 0.158. The van der Waals surface area contributed by atoms with E-state index in [-0.39, 0.29) is 23.5 Å². The monoisotopic (exact) mass is 347 g/mol. The number of nitriles is 1. The van der Waals surface area contributed by atoms with Gasteiger partial charge in [0.1, 0.15) is 0 Å². The molecule has 2 heterocycles.